The number of hydrogen-bond acceptors (Lipinski definition) is 8. The third-order valence-electron chi connectivity index (χ3n) is 5.72. The second kappa shape index (κ2) is 13.1. The SMILES string of the molecule is CCOc1ccc(-n2c(C)nnc2S[C@@H](C[N+](=O)[O-])c2ccc(OCc3ccc(Cl)cc3Cl)c(OC)c2)cc1. The van der Waals surface area contributed by atoms with Crippen LogP contribution in [0.5, 0.6) is 17.2 Å². The Morgan fingerprint density at radius 3 is 2.46 bits per heavy atom. The van der Waals surface area contributed by atoms with Crippen LogP contribution in [0.1, 0.15) is 29.1 Å². The molecule has 0 aliphatic carbocycles. The summed E-state index contributed by atoms with van der Waals surface area (Å²) in [6.07, 6.45) is 0. The molecule has 204 valence electrons. The molecule has 0 amide bonds. The quantitative estimate of drug-likeness (QED) is 0.0991. The summed E-state index contributed by atoms with van der Waals surface area (Å²) in [5.74, 6) is 2.32. The van der Waals surface area contributed by atoms with Gasteiger partial charge in [-0.3, -0.25) is 14.7 Å². The molecule has 0 bridgehead atoms. The van der Waals surface area contributed by atoms with Crippen LogP contribution >= 0.6 is 35.0 Å². The fraction of sp³-hybridized carbons (Fsp3) is 0.259. The third-order valence-corrected chi connectivity index (χ3v) is 7.49. The first-order valence-electron chi connectivity index (χ1n) is 12.0. The molecule has 0 fully saturated rings. The highest BCUT2D eigenvalue weighted by atomic mass is 35.5. The van der Waals surface area contributed by atoms with Gasteiger partial charge < -0.3 is 14.2 Å². The minimum absolute atomic E-state index is 0.198. The minimum Gasteiger partial charge on any atom is -0.494 e. The van der Waals surface area contributed by atoms with Gasteiger partial charge in [0.05, 0.1) is 13.7 Å². The van der Waals surface area contributed by atoms with Gasteiger partial charge in [0, 0.05) is 26.2 Å². The van der Waals surface area contributed by atoms with E-state index < -0.39 is 5.25 Å². The lowest BCUT2D eigenvalue weighted by Gasteiger charge is -2.17. The van der Waals surface area contributed by atoms with Crippen molar-refractivity contribution in [1.29, 1.82) is 0 Å². The van der Waals surface area contributed by atoms with E-state index in [1.54, 1.807) is 36.4 Å². The zero-order valence-electron chi connectivity index (χ0n) is 21.5. The van der Waals surface area contributed by atoms with Gasteiger partial charge in [0.15, 0.2) is 16.7 Å². The fourth-order valence-corrected chi connectivity index (χ4v) is 5.47. The normalized spacial score (nSPS) is 11.7. The molecule has 4 rings (SSSR count). The van der Waals surface area contributed by atoms with Crippen molar-refractivity contribution in [2.45, 2.75) is 30.9 Å². The van der Waals surface area contributed by atoms with Crippen molar-refractivity contribution in [2.24, 2.45) is 0 Å². The van der Waals surface area contributed by atoms with Crippen LogP contribution in [0.15, 0.2) is 65.8 Å². The van der Waals surface area contributed by atoms with Crippen LogP contribution < -0.4 is 14.2 Å². The smallest absolute Gasteiger partial charge is 0.220 e. The largest absolute Gasteiger partial charge is 0.494 e. The number of aromatic nitrogens is 3. The predicted octanol–water partition coefficient (Wildman–Crippen LogP) is 6.98. The number of ether oxygens (including phenoxy) is 3. The Balaban J connectivity index is 1.59. The first kappa shape index (κ1) is 28.5. The number of hydrogen-bond donors (Lipinski definition) is 0. The lowest BCUT2D eigenvalue weighted by atomic mass is 10.1. The maximum absolute atomic E-state index is 11.6. The molecule has 9 nitrogen and oxygen atoms in total. The zero-order valence-corrected chi connectivity index (χ0v) is 23.8. The van der Waals surface area contributed by atoms with E-state index in [1.807, 2.05) is 42.7 Å². The Hall–Kier alpha value is -3.47. The van der Waals surface area contributed by atoms with Crippen molar-refractivity contribution in [1.82, 2.24) is 14.8 Å². The number of nitro groups is 1. The van der Waals surface area contributed by atoms with Crippen LogP contribution in [0.3, 0.4) is 0 Å². The number of nitrogens with zero attached hydrogens (tertiary/aromatic N) is 4. The van der Waals surface area contributed by atoms with Crippen molar-refractivity contribution in [3.63, 3.8) is 0 Å². The molecule has 3 aromatic carbocycles. The molecule has 0 aliphatic rings. The van der Waals surface area contributed by atoms with Crippen LogP contribution in [-0.4, -0.2) is 39.9 Å². The highest BCUT2D eigenvalue weighted by Gasteiger charge is 2.25. The van der Waals surface area contributed by atoms with Gasteiger partial charge in [0.2, 0.25) is 6.54 Å². The van der Waals surface area contributed by atoms with Gasteiger partial charge in [-0.05, 0) is 67.9 Å². The highest BCUT2D eigenvalue weighted by molar-refractivity contribution is 7.99. The molecule has 0 N–H and O–H groups in total. The van der Waals surface area contributed by atoms with E-state index in [0.717, 1.165) is 17.0 Å². The van der Waals surface area contributed by atoms with E-state index in [2.05, 4.69) is 10.2 Å². The van der Waals surface area contributed by atoms with Crippen molar-refractivity contribution in [3.05, 3.63) is 97.8 Å². The zero-order chi connectivity index (χ0) is 27.9. The Morgan fingerprint density at radius 1 is 1.03 bits per heavy atom. The second-order valence-corrected chi connectivity index (χ2v) is 10.4. The highest BCUT2D eigenvalue weighted by Crippen LogP contribution is 2.40. The third kappa shape index (κ3) is 7.14. The average Bonchev–Trinajstić information content (AvgIpc) is 3.27. The number of rotatable bonds is 12. The van der Waals surface area contributed by atoms with Crippen LogP contribution in [0.4, 0.5) is 0 Å². The van der Waals surface area contributed by atoms with E-state index in [-0.39, 0.29) is 18.1 Å². The molecule has 0 saturated carbocycles. The molecule has 1 atom stereocenters. The lowest BCUT2D eigenvalue weighted by molar-refractivity contribution is -0.479. The van der Waals surface area contributed by atoms with Gasteiger partial charge in [0.1, 0.15) is 23.4 Å². The van der Waals surface area contributed by atoms with Gasteiger partial charge in [-0.25, -0.2) is 0 Å². The van der Waals surface area contributed by atoms with Crippen LogP contribution in [0.25, 0.3) is 5.69 Å². The number of thioether (sulfide) groups is 1. The van der Waals surface area contributed by atoms with Crippen LogP contribution in [0, 0.1) is 17.0 Å². The summed E-state index contributed by atoms with van der Waals surface area (Å²) < 4.78 is 18.9. The lowest BCUT2D eigenvalue weighted by Crippen LogP contribution is -2.11. The monoisotopic (exact) mass is 588 g/mol. The number of aryl methyl sites for hydroxylation is 1. The van der Waals surface area contributed by atoms with E-state index in [4.69, 9.17) is 37.4 Å². The molecule has 0 radical (unpaired) electrons. The van der Waals surface area contributed by atoms with E-state index >= 15 is 0 Å². The summed E-state index contributed by atoms with van der Waals surface area (Å²) in [6, 6.07) is 18.0. The Bertz CT molecular complexity index is 1450. The summed E-state index contributed by atoms with van der Waals surface area (Å²) in [5, 5.41) is 21.1. The topological polar surface area (TPSA) is 102 Å². The predicted molar refractivity (Wildman–Crippen MR) is 152 cm³/mol. The van der Waals surface area contributed by atoms with Crippen LogP contribution in [-0.2, 0) is 6.61 Å². The molecule has 0 saturated heterocycles. The molecular formula is C27H26Cl2N4O5S. The van der Waals surface area contributed by atoms with Crippen molar-refractivity contribution >= 4 is 35.0 Å². The maximum Gasteiger partial charge on any atom is 0.220 e. The summed E-state index contributed by atoms with van der Waals surface area (Å²) in [7, 11) is 1.52. The average molecular weight is 590 g/mol. The standard InChI is InChI=1S/C27H26Cl2N4O5S/c1-4-37-22-10-8-21(9-11-22)33-17(2)30-31-27(33)39-26(15-32(34)35)18-6-12-24(25(13-18)36-3)38-16-19-5-7-20(28)14-23(19)29/h5-14,26H,4,15-16H2,1-3H3/t26-/m0/s1. The molecular weight excluding hydrogens is 563 g/mol. The Labute approximate surface area is 240 Å². The first-order chi connectivity index (χ1) is 18.8. The van der Waals surface area contributed by atoms with Gasteiger partial charge in [-0.2, -0.15) is 0 Å². The summed E-state index contributed by atoms with van der Waals surface area (Å²) in [4.78, 5) is 11.3. The Kier molecular flexibility index (Phi) is 9.55. The molecule has 0 spiro atoms. The summed E-state index contributed by atoms with van der Waals surface area (Å²) in [6.45, 7) is 4.19. The number of benzene rings is 3. The number of methoxy groups -OCH3 is 1. The van der Waals surface area contributed by atoms with Gasteiger partial charge in [-0.15, -0.1) is 10.2 Å². The molecule has 39 heavy (non-hydrogen) atoms. The van der Waals surface area contributed by atoms with E-state index in [1.165, 1.54) is 18.9 Å². The fourth-order valence-electron chi connectivity index (χ4n) is 3.85. The minimum atomic E-state index is -0.571. The van der Waals surface area contributed by atoms with Crippen molar-refractivity contribution < 1.29 is 19.1 Å². The van der Waals surface area contributed by atoms with Gasteiger partial charge in [0.25, 0.3) is 0 Å². The molecule has 1 aromatic heterocycles. The maximum atomic E-state index is 11.6. The molecule has 0 aliphatic heterocycles. The van der Waals surface area contributed by atoms with Crippen molar-refractivity contribution in [2.75, 3.05) is 20.3 Å². The summed E-state index contributed by atoms with van der Waals surface area (Å²) in [5.41, 5.74) is 2.27. The van der Waals surface area contributed by atoms with Crippen molar-refractivity contribution in [3.8, 4) is 22.9 Å². The first-order valence-corrected chi connectivity index (χ1v) is 13.6. The molecule has 0 unspecified atom stereocenters. The molecule has 1 heterocycles. The Morgan fingerprint density at radius 2 is 1.79 bits per heavy atom. The van der Waals surface area contributed by atoms with E-state index in [0.29, 0.717) is 44.7 Å². The number of halogens is 2. The summed E-state index contributed by atoms with van der Waals surface area (Å²) >= 11 is 13.5. The second-order valence-electron chi connectivity index (χ2n) is 8.35. The molecule has 12 heteroatoms. The van der Waals surface area contributed by atoms with E-state index in [9.17, 15) is 10.1 Å². The van der Waals surface area contributed by atoms with Gasteiger partial charge in [-0.1, -0.05) is 47.1 Å². The molecule has 4 aromatic rings. The van der Waals surface area contributed by atoms with Crippen LogP contribution in [0.2, 0.25) is 10.0 Å². The van der Waals surface area contributed by atoms with Gasteiger partial charge >= 0.3 is 0 Å².